The highest BCUT2D eigenvalue weighted by Crippen LogP contribution is 2.57. The van der Waals surface area contributed by atoms with Crippen molar-refractivity contribution in [3.63, 3.8) is 0 Å². The minimum Gasteiger partial charge on any atom is -0.507 e. The van der Waals surface area contributed by atoms with Crippen molar-refractivity contribution in [2.24, 2.45) is 11.8 Å². The largest absolute Gasteiger partial charge is 0.507 e. The summed E-state index contributed by atoms with van der Waals surface area (Å²) in [5.74, 6) is -2.59. The number of ketones is 2. The fraction of sp³-hybridized carbons (Fsp3) is 0.591. The molecule has 4 aliphatic rings. The van der Waals surface area contributed by atoms with Gasteiger partial charge in [-0.1, -0.05) is 31.6 Å². The first kappa shape index (κ1) is 21.0. The highest BCUT2D eigenvalue weighted by atomic mass is 16.8. The van der Waals surface area contributed by atoms with Crippen LogP contribution in [0.4, 0.5) is 0 Å². The van der Waals surface area contributed by atoms with Gasteiger partial charge in [0.1, 0.15) is 17.4 Å². The summed E-state index contributed by atoms with van der Waals surface area (Å²) in [6, 6.07) is 0. The minimum absolute atomic E-state index is 0.0281. The van der Waals surface area contributed by atoms with Crippen molar-refractivity contribution in [1.82, 2.24) is 5.32 Å². The molecule has 0 aromatic rings. The predicted molar refractivity (Wildman–Crippen MR) is 105 cm³/mol. The van der Waals surface area contributed by atoms with Crippen molar-refractivity contribution in [2.75, 3.05) is 6.54 Å². The Hall–Kier alpha value is -2.29. The Morgan fingerprint density at radius 2 is 1.90 bits per heavy atom. The molecule has 0 saturated carbocycles. The number of hydrogen-bond acceptors (Lipinski definition) is 7. The lowest BCUT2D eigenvalue weighted by Crippen LogP contribution is -2.66. The van der Waals surface area contributed by atoms with E-state index >= 15 is 0 Å². The number of fused-ring (bicyclic) bond motifs is 4. The molecule has 4 fully saturated rings. The molecule has 0 aromatic carbocycles. The maximum Gasteiger partial charge on any atom is 0.259 e. The molecular formula is C22H27NO7. The zero-order valence-electron chi connectivity index (χ0n) is 17.7. The van der Waals surface area contributed by atoms with Crippen molar-refractivity contribution in [3.05, 3.63) is 35.1 Å². The van der Waals surface area contributed by atoms with E-state index in [-0.39, 0.29) is 41.6 Å². The summed E-state index contributed by atoms with van der Waals surface area (Å²) >= 11 is 0. The summed E-state index contributed by atoms with van der Waals surface area (Å²) in [7, 11) is 0. The van der Waals surface area contributed by atoms with Crippen LogP contribution in [0.5, 0.6) is 0 Å². The van der Waals surface area contributed by atoms with Crippen LogP contribution in [0.1, 0.15) is 34.6 Å². The van der Waals surface area contributed by atoms with E-state index in [9.17, 15) is 19.5 Å². The third-order valence-corrected chi connectivity index (χ3v) is 6.67. The van der Waals surface area contributed by atoms with Gasteiger partial charge in [-0.05, 0) is 26.8 Å². The highest BCUT2D eigenvalue weighted by Gasteiger charge is 2.76. The third-order valence-electron chi connectivity index (χ3n) is 6.67. The van der Waals surface area contributed by atoms with E-state index in [1.54, 1.807) is 6.08 Å². The fourth-order valence-electron chi connectivity index (χ4n) is 4.67. The van der Waals surface area contributed by atoms with Gasteiger partial charge in [-0.2, -0.15) is 0 Å². The molecule has 8 nitrogen and oxygen atoms in total. The lowest BCUT2D eigenvalue weighted by molar-refractivity contribution is -0.350. The van der Waals surface area contributed by atoms with Gasteiger partial charge < -0.3 is 24.6 Å². The number of aliphatic hydroxyl groups excluding tert-OH is 1. The molecule has 0 aromatic heterocycles. The van der Waals surface area contributed by atoms with Gasteiger partial charge in [0.25, 0.3) is 5.91 Å². The lowest BCUT2D eigenvalue weighted by atomic mass is 9.78. The number of aliphatic hydroxyl groups is 1. The summed E-state index contributed by atoms with van der Waals surface area (Å²) in [6.07, 6.45) is 3.64. The molecule has 162 valence electrons. The van der Waals surface area contributed by atoms with E-state index in [0.29, 0.717) is 0 Å². The smallest absolute Gasteiger partial charge is 0.259 e. The number of hydrogen-bond donors (Lipinski definition) is 2. The Morgan fingerprint density at radius 3 is 2.53 bits per heavy atom. The molecule has 2 bridgehead atoms. The molecule has 0 spiro atoms. The topological polar surface area (TPSA) is 114 Å². The first-order valence-corrected chi connectivity index (χ1v) is 10.2. The third kappa shape index (κ3) is 3.05. The molecule has 4 saturated heterocycles. The molecule has 4 rings (SSSR count). The van der Waals surface area contributed by atoms with E-state index in [1.807, 2.05) is 40.7 Å². The second-order valence-corrected chi connectivity index (χ2v) is 8.90. The Morgan fingerprint density at radius 1 is 1.20 bits per heavy atom. The Bertz CT molecular complexity index is 900. The van der Waals surface area contributed by atoms with E-state index in [2.05, 4.69) is 5.32 Å². The molecule has 5 unspecified atom stereocenters. The van der Waals surface area contributed by atoms with Crippen LogP contribution in [0.3, 0.4) is 0 Å². The number of Topliss-reactive ketones (excluding diaryl/α,β-unsaturated/α-hetero) is 2. The molecule has 8 heteroatoms. The average molecular weight is 417 g/mol. The van der Waals surface area contributed by atoms with Gasteiger partial charge in [0, 0.05) is 11.8 Å². The van der Waals surface area contributed by atoms with Gasteiger partial charge in [0.05, 0.1) is 12.6 Å². The van der Waals surface area contributed by atoms with Gasteiger partial charge in [-0.25, -0.2) is 0 Å². The van der Waals surface area contributed by atoms with Gasteiger partial charge in [-0.15, -0.1) is 0 Å². The Labute approximate surface area is 174 Å². The number of epoxide rings is 1. The average Bonchev–Trinajstić information content (AvgIpc) is 3.29. The Kier molecular flexibility index (Phi) is 4.80. The monoisotopic (exact) mass is 417 g/mol. The number of nitrogens with one attached hydrogen (secondary N) is 1. The summed E-state index contributed by atoms with van der Waals surface area (Å²) in [4.78, 5) is 36.0. The van der Waals surface area contributed by atoms with Crippen molar-refractivity contribution in [1.29, 1.82) is 0 Å². The lowest BCUT2D eigenvalue weighted by Gasteiger charge is -2.51. The van der Waals surface area contributed by atoms with Crippen LogP contribution in [-0.2, 0) is 28.6 Å². The van der Waals surface area contributed by atoms with E-state index in [1.165, 1.54) is 6.08 Å². The molecule has 1 amide bonds. The maximum atomic E-state index is 12.7. The number of allylic oxidation sites excluding steroid dienone is 3. The van der Waals surface area contributed by atoms with Gasteiger partial charge in [0.2, 0.25) is 0 Å². The number of carbonyl (C=O) groups excluding carboxylic acids is 3. The quantitative estimate of drug-likeness (QED) is 0.234. The summed E-state index contributed by atoms with van der Waals surface area (Å²) < 4.78 is 18.0. The fourth-order valence-corrected chi connectivity index (χ4v) is 4.67. The molecule has 4 heterocycles. The molecule has 0 radical (unpaired) electrons. The van der Waals surface area contributed by atoms with Gasteiger partial charge in [-0.3, -0.25) is 14.4 Å². The van der Waals surface area contributed by atoms with Crippen LogP contribution in [0.15, 0.2) is 35.1 Å². The second kappa shape index (κ2) is 6.87. The summed E-state index contributed by atoms with van der Waals surface area (Å²) in [6.45, 7) is 9.34. The van der Waals surface area contributed by atoms with E-state index in [0.717, 1.165) is 5.57 Å². The summed E-state index contributed by atoms with van der Waals surface area (Å²) in [5.41, 5.74) is -0.167. The first-order valence-electron chi connectivity index (χ1n) is 10.2. The molecule has 7 atom stereocenters. The zero-order chi connectivity index (χ0) is 22.0. The van der Waals surface area contributed by atoms with Gasteiger partial charge in [0.15, 0.2) is 29.1 Å². The number of ether oxygens (including phenoxy) is 3. The number of carbonyl (C=O) groups is 3. The van der Waals surface area contributed by atoms with Gasteiger partial charge >= 0.3 is 0 Å². The Balaban J connectivity index is 1.51. The van der Waals surface area contributed by atoms with Crippen LogP contribution < -0.4 is 5.32 Å². The number of rotatable bonds is 4. The molecule has 4 aliphatic heterocycles. The first-order chi connectivity index (χ1) is 14.0. The summed E-state index contributed by atoms with van der Waals surface area (Å²) in [5, 5.41) is 12.5. The molecular weight excluding hydrogens is 390 g/mol. The maximum absolute atomic E-state index is 12.7. The van der Waals surface area contributed by atoms with Crippen LogP contribution in [0.2, 0.25) is 0 Å². The highest BCUT2D eigenvalue weighted by molar-refractivity contribution is 6.25. The standard InChI is InChI=1S/C22H27NO7/c1-10(6-7-13(24)15-14(25)9-23-20(15)27)8-11(2)17-12(3)18-16(26)19-21(4,30-19)22(5,28-17)29-18/h6-8,11-12,17-19,24H,9H2,1-5H3,(H,23,27)/b7-6+,10-8+,15-13+/t11?,12?,17?,18-,19?,21?,22-/m1/s1. The predicted octanol–water partition coefficient (Wildman–Crippen LogP) is 1.51. The van der Waals surface area contributed by atoms with Crippen LogP contribution >= 0.6 is 0 Å². The molecule has 2 N–H and O–H groups in total. The SMILES string of the molecule is CC(/C=C/C(O)=C1/C(=O)CNC1=O)=C\C(C)C1O[C@]2(C)O[C@@H](C(=O)C3OC32C)C1C. The van der Waals surface area contributed by atoms with Crippen molar-refractivity contribution in [2.45, 2.75) is 64.3 Å². The molecule has 0 aliphatic carbocycles. The van der Waals surface area contributed by atoms with Crippen LogP contribution in [0, 0.1) is 11.8 Å². The van der Waals surface area contributed by atoms with Crippen molar-refractivity contribution >= 4 is 17.5 Å². The number of amides is 1. The van der Waals surface area contributed by atoms with E-state index < -0.39 is 35.3 Å². The molecule has 30 heavy (non-hydrogen) atoms. The normalized spacial score (nSPS) is 43.5. The van der Waals surface area contributed by atoms with E-state index in [4.69, 9.17) is 14.2 Å². The van der Waals surface area contributed by atoms with Crippen LogP contribution in [0.25, 0.3) is 0 Å². The minimum atomic E-state index is -0.988. The zero-order valence-corrected chi connectivity index (χ0v) is 17.7. The van der Waals surface area contributed by atoms with Crippen molar-refractivity contribution < 1.29 is 33.7 Å². The van der Waals surface area contributed by atoms with Crippen molar-refractivity contribution in [3.8, 4) is 0 Å². The second-order valence-electron chi connectivity index (χ2n) is 8.90. The van der Waals surface area contributed by atoms with Crippen LogP contribution in [-0.4, -0.2) is 58.8 Å².